The minimum atomic E-state index is -0.626. The number of rotatable bonds is 3. The first kappa shape index (κ1) is 11.6. The smallest absolute Gasteiger partial charge is 0.228 e. The second-order valence-electron chi connectivity index (χ2n) is 4.56. The highest BCUT2D eigenvalue weighted by Crippen LogP contribution is 2.25. The summed E-state index contributed by atoms with van der Waals surface area (Å²) in [5, 5.41) is 5.51. The van der Waals surface area contributed by atoms with E-state index in [-0.39, 0.29) is 18.2 Å². The molecule has 1 saturated heterocycles. The van der Waals surface area contributed by atoms with E-state index in [0.717, 1.165) is 5.56 Å². The lowest BCUT2D eigenvalue weighted by Gasteiger charge is -2.20. The molecule has 0 aromatic carbocycles. The van der Waals surface area contributed by atoms with Crippen molar-refractivity contribution < 1.29 is 9.59 Å². The Morgan fingerprint density at radius 1 is 1.65 bits per heavy atom. The highest BCUT2D eigenvalue weighted by molar-refractivity contribution is 5.92. The van der Waals surface area contributed by atoms with Crippen molar-refractivity contribution in [1.82, 2.24) is 15.6 Å². The predicted octanol–water partition coefficient (Wildman–Crippen LogP) is 0.224. The summed E-state index contributed by atoms with van der Waals surface area (Å²) in [6.45, 7) is 2.64. The first-order chi connectivity index (χ1) is 8.10. The molecule has 90 valence electrons. The topological polar surface area (TPSA) is 71.1 Å². The van der Waals surface area contributed by atoms with Crippen molar-refractivity contribution in [2.75, 3.05) is 6.54 Å². The summed E-state index contributed by atoms with van der Waals surface area (Å²) in [5.74, 6) is -0.163. The summed E-state index contributed by atoms with van der Waals surface area (Å²) in [5.41, 5.74) is 0.320. The van der Waals surface area contributed by atoms with Gasteiger partial charge in [0, 0.05) is 31.9 Å². The molecular formula is C12H15N3O2. The molecule has 0 aliphatic carbocycles. The minimum absolute atomic E-state index is 0.0657. The number of nitrogens with one attached hydrogen (secondary N) is 2. The van der Waals surface area contributed by atoms with Crippen LogP contribution in [0.25, 0.3) is 0 Å². The molecule has 2 heterocycles. The van der Waals surface area contributed by atoms with Gasteiger partial charge in [-0.1, -0.05) is 6.07 Å². The fourth-order valence-corrected chi connectivity index (χ4v) is 1.83. The number of aromatic nitrogens is 1. The SMILES string of the molecule is CC1(C(=O)NCc2cccnc2)CNC(=O)C1. The number of hydrogen-bond acceptors (Lipinski definition) is 3. The lowest BCUT2D eigenvalue weighted by Crippen LogP contribution is -2.40. The maximum Gasteiger partial charge on any atom is 0.228 e. The van der Waals surface area contributed by atoms with Crippen molar-refractivity contribution in [1.29, 1.82) is 0 Å². The molecule has 17 heavy (non-hydrogen) atoms. The molecule has 5 heteroatoms. The fourth-order valence-electron chi connectivity index (χ4n) is 1.83. The lowest BCUT2D eigenvalue weighted by molar-refractivity contribution is -0.131. The van der Waals surface area contributed by atoms with E-state index in [1.165, 1.54) is 0 Å². The van der Waals surface area contributed by atoms with Gasteiger partial charge in [0.15, 0.2) is 0 Å². The van der Waals surface area contributed by atoms with Gasteiger partial charge in [0.25, 0.3) is 0 Å². The molecule has 1 aliphatic rings. The van der Waals surface area contributed by atoms with Crippen molar-refractivity contribution in [3.8, 4) is 0 Å². The second kappa shape index (κ2) is 4.53. The number of carbonyl (C=O) groups excluding carboxylic acids is 2. The molecule has 1 aromatic heterocycles. The second-order valence-corrected chi connectivity index (χ2v) is 4.56. The number of pyridine rings is 1. The molecule has 0 radical (unpaired) electrons. The van der Waals surface area contributed by atoms with Gasteiger partial charge in [-0.2, -0.15) is 0 Å². The van der Waals surface area contributed by atoms with Gasteiger partial charge in [-0.25, -0.2) is 0 Å². The maximum atomic E-state index is 12.0. The molecule has 1 aliphatic heterocycles. The third kappa shape index (κ3) is 2.61. The largest absolute Gasteiger partial charge is 0.355 e. The van der Waals surface area contributed by atoms with Crippen LogP contribution in [0.3, 0.4) is 0 Å². The molecular weight excluding hydrogens is 218 g/mol. The number of hydrogen-bond donors (Lipinski definition) is 2. The number of amides is 2. The van der Waals surface area contributed by atoms with Crippen molar-refractivity contribution in [2.24, 2.45) is 5.41 Å². The van der Waals surface area contributed by atoms with Crippen LogP contribution in [0.1, 0.15) is 18.9 Å². The van der Waals surface area contributed by atoms with Crippen LogP contribution in [0, 0.1) is 5.41 Å². The Labute approximate surface area is 99.6 Å². The van der Waals surface area contributed by atoms with Gasteiger partial charge in [-0.3, -0.25) is 14.6 Å². The molecule has 5 nitrogen and oxygen atoms in total. The van der Waals surface area contributed by atoms with E-state index in [2.05, 4.69) is 15.6 Å². The van der Waals surface area contributed by atoms with Crippen LogP contribution in [-0.4, -0.2) is 23.3 Å². The van der Waals surface area contributed by atoms with Gasteiger partial charge in [0.05, 0.1) is 5.41 Å². The Morgan fingerprint density at radius 2 is 2.47 bits per heavy atom. The Hall–Kier alpha value is -1.91. The van der Waals surface area contributed by atoms with E-state index >= 15 is 0 Å². The normalized spacial score (nSPS) is 23.2. The monoisotopic (exact) mass is 233 g/mol. The summed E-state index contributed by atoms with van der Waals surface area (Å²) in [7, 11) is 0. The summed E-state index contributed by atoms with van der Waals surface area (Å²) in [6, 6.07) is 3.72. The molecule has 2 N–H and O–H groups in total. The molecule has 0 spiro atoms. The zero-order valence-corrected chi connectivity index (χ0v) is 9.69. The predicted molar refractivity (Wildman–Crippen MR) is 61.8 cm³/mol. The van der Waals surface area contributed by atoms with Crippen LogP contribution in [0.15, 0.2) is 24.5 Å². The molecule has 2 rings (SSSR count). The van der Waals surface area contributed by atoms with E-state index in [9.17, 15) is 9.59 Å². The van der Waals surface area contributed by atoms with Crippen LogP contribution in [0.2, 0.25) is 0 Å². The van der Waals surface area contributed by atoms with Crippen LogP contribution in [0.4, 0.5) is 0 Å². The average molecular weight is 233 g/mol. The van der Waals surface area contributed by atoms with E-state index in [1.807, 2.05) is 12.1 Å². The first-order valence-corrected chi connectivity index (χ1v) is 5.54. The van der Waals surface area contributed by atoms with Gasteiger partial charge in [-0.15, -0.1) is 0 Å². The van der Waals surface area contributed by atoms with Crippen molar-refractivity contribution >= 4 is 11.8 Å². The molecule has 1 atom stereocenters. The van der Waals surface area contributed by atoms with Gasteiger partial charge >= 0.3 is 0 Å². The van der Waals surface area contributed by atoms with Crippen LogP contribution < -0.4 is 10.6 Å². The molecule has 1 unspecified atom stereocenters. The molecule has 0 saturated carbocycles. The zero-order valence-electron chi connectivity index (χ0n) is 9.69. The average Bonchev–Trinajstić information content (AvgIpc) is 2.69. The first-order valence-electron chi connectivity index (χ1n) is 5.54. The Bertz CT molecular complexity index is 433. The number of nitrogens with zero attached hydrogens (tertiary/aromatic N) is 1. The van der Waals surface area contributed by atoms with E-state index in [1.54, 1.807) is 19.3 Å². The number of carbonyl (C=O) groups is 2. The Morgan fingerprint density at radius 3 is 3.06 bits per heavy atom. The third-order valence-corrected chi connectivity index (χ3v) is 2.95. The molecule has 2 amide bonds. The van der Waals surface area contributed by atoms with Crippen molar-refractivity contribution in [3.05, 3.63) is 30.1 Å². The van der Waals surface area contributed by atoms with Crippen LogP contribution >= 0.6 is 0 Å². The lowest BCUT2D eigenvalue weighted by atomic mass is 9.88. The molecule has 1 fully saturated rings. The quantitative estimate of drug-likeness (QED) is 0.784. The minimum Gasteiger partial charge on any atom is -0.355 e. The fraction of sp³-hybridized carbons (Fsp3) is 0.417. The molecule has 0 bridgehead atoms. The highest BCUT2D eigenvalue weighted by atomic mass is 16.2. The summed E-state index contributed by atoms with van der Waals surface area (Å²) in [4.78, 5) is 27.1. The molecule has 1 aromatic rings. The summed E-state index contributed by atoms with van der Waals surface area (Å²) >= 11 is 0. The standard InChI is InChI=1S/C12H15N3O2/c1-12(5-10(16)15-8-12)11(17)14-7-9-3-2-4-13-6-9/h2-4,6H,5,7-8H2,1H3,(H,14,17)(H,15,16). The van der Waals surface area contributed by atoms with E-state index in [4.69, 9.17) is 0 Å². The summed E-state index contributed by atoms with van der Waals surface area (Å²) < 4.78 is 0. The van der Waals surface area contributed by atoms with Gasteiger partial charge < -0.3 is 10.6 Å². The van der Waals surface area contributed by atoms with E-state index in [0.29, 0.717) is 13.1 Å². The summed E-state index contributed by atoms with van der Waals surface area (Å²) in [6.07, 6.45) is 3.65. The third-order valence-electron chi connectivity index (χ3n) is 2.95. The van der Waals surface area contributed by atoms with Crippen molar-refractivity contribution in [2.45, 2.75) is 19.9 Å². The van der Waals surface area contributed by atoms with Crippen LogP contribution in [-0.2, 0) is 16.1 Å². The van der Waals surface area contributed by atoms with Gasteiger partial charge in [0.1, 0.15) is 0 Å². The van der Waals surface area contributed by atoms with E-state index < -0.39 is 5.41 Å². The Kier molecular flexibility index (Phi) is 3.08. The Balaban J connectivity index is 1.92. The highest BCUT2D eigenvalue weighted by Gasteiger charge is 2.40. The van der Waals surface area contributed by atoms with Gasteiger partial charge in [-0.05, 0) is 18.6 Å². The van der Waals surface area contributed by atoms with Crippen molar-refractivity contribution in [3.63, 3.8) is 0 Å². The zero-order chi connectivity index (χ0) is 12.3. The van der Waals surface area contributed by atoms with Gasteiger partial charge in [0.2, 0.25) is 11.8 Å². The maximum absolute atomic E-state index is 12.0. The van der Waals surface area contributed by atoms with Crippen LogP contribution in [0.5, 0.6) is 0 Å².